The average molecular weight is 601 g/mol. The molecule has 0 fully saturated rings. The molecule has 1 unspecified atom stereocenters. The lowest BCUT2D eigenvalue weighted by molar-refractivity contribution is -0.137. The molecule has 3 heterocycles. The molecule has 1 N–H and O–H groups in total. The summed E-state index contributed by atoms with van der Waals surface area (Å²) >= 11 is 0. The molecule has 0 saturated carbocycles. The van der Waals surface area contributed by atoms with Gasteiger partial charge in [0.05, 0.1) is 30.1 Å². The summed E-state index contributed by atoms with van der Waals surface area (Å²) in [5, 5.41) is 10.8. The number of rotatable bonds is 10. The van der Waals surface area contributed by atoms with Gasteiger partial charge < -0.3 is 14.6 Å². The van der Waals surface area contributed by atoms with Crippen molar-refractivity contribution in [2.24, 2.45) is 0 Å². The lowest BCUT2D eigenvalue weighted by Gasteiger charge is -2.17. The Hall–Kier alpha value is -4.88. The Morgan fingerprint density at radius 3 is 2.56 bits per heavy atom. The van der Waals surface area contributed by atoms with Crippen LogP contribution in [0.3, 0.4) is 0 Å². The van der Waals surface area contributed by atoms with Crippen LogP contribution in [0.4, 0.5) is 22.0 Å². The molecule has 9 nitrogen and oxygen atoms in total. The number of ether oxygens (including phenoxy) is 1. The summed E-state index contributed by atoms with van der Waals surface area (Å²) in [6, 6.07) is 7.06. The van der Waals surface area contributed by atoms with Gasteiger partial charge in [0.2, 0.25) is 0 Å². The van der Waals surface area contributed by atoms with Crippen LogP contribution in [-0.4, -0.2) is 44.0 Å². The quantitative estimate of drug-likeness (QED) is 0.188. The van der Waals surface area contributed by atoms with E-state index in [1.54, 1.807) is 0 Å². The third kappa shape index (κ3) is 6.17. The van der Waals surface area contributed by atoms with Crippen molar-refractivity contribution in [1.29, 1.82) is 0 Å². The standard InChI is InChI=1S/C29H25F5N6O3/c1-3-10-35-28(41)26(40-15-23-22(14-36-40)37-27(38-23)18-6-5-7-20(30)25(18)31)24-13-21(39-43-24)17-9-8-16(42-11-4-2)12-19(17)29(32,33)34/h5-9,12-15,26H,3-4,10-11H2,1-2H3,(H,35,41). The van der Waals surface area contributed by atoms with Gasteiger partial charge in [0, 0.05) is 18.2 Å². The van der Waals surface area contributed by atoms with Crippen molar-refractivity contribution in [3.63, 3.8) is 0 Å². The molecule has 5 rings (SSSR count). The Morgan fingerprint density at radius 2 is 1.81 bits per heavy atom. The molecule has 14 heteroatoms. The number of fused-ring (bicyclic) bond motifs is 1. The van der Waals surface area contributed by atoms with E-state index in [0.29, 0.717) is 19.4 Å². The zero-order chi connectivity index (χ0) is 30.7. The lowest BCUT2D eigenvalue weighted by Crippen LogP contribution is -2.34. The number of hydrogen-bond donors (Lipinski definition) is 1. The third-order valence-electron chi connectivity index (χ3n) is 6.38. The first-order valence-electron chi connectivity index (χ1n) is 13.4. The van der Waals surface area contributed by atoms with E-state index in [1.807, 2.05) is 13.8 Å². The third-order valence-corrected chi connectivity index (χ3v) is 6.38. The lowest BCUT2D eigenvalue weighted by atomic mass is 10.0. The maximum absolute atomic E-state index is 14.4. The van der Waals surface area contributed by atoms with Crippen molar-refractivity contribution >= 4 is 5.91 Å². The topological polar surface area (TPSA) is 108 Å². The Balaban J connectivity index is 1.55. The number of carbonyl (C=O) groups excluding carboxylic acids is 1. The van der Waals surface area contributed by atoms with E-state index >= 15 is 0 Å². The number of nitrogens with one attached hydrogen (secondary N) is 1. The second-order valence-corrected chi connectivity index (χ2v) is 9.53. The summed E-state index contributed by atoms with van der Waals surface area (Å²) in [5.74, 6) is -2.89. The van der Waals surface area contributed by atoms with Crippen LogP contribution < -0.4 is 10.1 Å². The first-order chi connectivity index (χ1) is 20.6. The van der Waals surface area contributed by atoms with Gasteiger partial charge in [-0.05, 0) is 43.2 Å². The van der Waals surface area contributed by atoms with Crippen LogP contribution in [0.1, 0.15) is 44.1 Å². The molecular formula is C29H25F5N6O3. The summed E-state index contributed by atoms with van der Waals surface area (Å²) in [6.07, 6.45) is -0.877. The Morgan fingerprint density at radius 1 is 1.02 bits per heavy atom. The SMILES string of the molecule is CCCNC(=O)C(c1cc(-c2ccc(OCCC)cc2C(F)(F)F)no1)n1cc2nc(-c3cccc(F)c3F)nc-2cn1. The highest BCUT2D eigenvalue weighted by Crippen LogP contribution is 2.39. The fraction of sp³-hybridized carbons (Fsp3) is 0.276. The second kappa shape index (κ2) is 12.2. The number of halogens is 5. The smallest absolute Gasteiger partial charge is 0.417 e. The predicted molar refractivity (Wildman–Crippen MR) is 144 cm³/mol. The molecule has 1 aromatic heterocycles. The molecule has 1 amide bonds. The zero-order valence-electron chi connectivity index (χ0n) is 23.0. The minimum atomic E-state index is -4.73. The van der Waals surface area contributed by atoms with Gasteiger partial charge in [-0.1, -0.05) is 25.1 Å². The number of hydrogen-bond acceptors (Lipinski definition) is 7. The molecular weight excluding hydrogens is 575 g/mol. The highest BCUT2D eigenvalue weighted by atomic mass is 19.4. The Labute approximate surface area is 242 Å². The summed E-state index contributed by atoms with van der Waals surface area (Å²) in [7, 11) is 0. The van der Waals surface area contributed by atoms with Crippen LogP contribution in [0.15, 0.2) is 59.4 Å². The van der Waals surface area contributed by atoms with E-state index in [4.69, 9.17) is 9.26 Å². The largest absolute Gasteiger partial charge is 0.494 e. The van der Waals surface area contributed by atoms with Crippen LogP contribution >= 0.6 is 0 Å². The number of benzene rings is 2. The van der Waals surface area contributed by atoms with Gasteiger partial charge in [-0.15, -0.1) is 0 Å². The van der Waals surface area contributed by atoms with Crippen LogP contribution in [0, 0.1) is 11.6 Å². The number of carbonyl (C=O) groups is 1. The molecule has 2 aromatic carbocycles. The van der Waals surface area contributed by atoms with Crippen LogP contribution in [0.5, 0.6) is 5.75 Å². The predicted octanol–water partition coefficient (Wildman–Crippen LogP) is 6.30. The molecule has 0 saturated heterocycles. The highest BCUT2D eigenvalue weighted by molar-refractivity contribution is 5.83. The Kier molecular flexibility index (Phi) is 8.37. The average Bonchev–Trinajstić information content (AvgIpc) is 3.63. The number of amides is 1. The molecule has 224 valence electrons. The monoisotopic (exact) mass is 600 g/mol. The van der Waals surface area contributed by atoms with Crippen LogP contribution in [-0.2, 0) is 11.0 Å². The maximum atomic E-state index is 14.4. The van der Waals surface area contributed by atoms with Gasteiger partial charge in [0.25, 0.3) is 5.91 Å². The summed E-state index contributed by atoms with van der Waals surface area (Å²) in [4.78, 5) is 21.8. The molecule has 43 heavy (non-hydrogen) atoms. The van der Waals surface area contributed by atoms with E-state index in [9.17, 15) is 26.7 Å². The molecule has 2 aliphatic heterocycles. The van der Waals surface area contributed by atoms with Crippen molar-refractivity contribution in [3.8, 4) is 39.8 Å². The molecule has 0 aliphatic carbocycles. The second-order valence-electron chi connectivity index (χ2n) is 9.53. The van der Waals surface area contributed by atoms with Gasteiger partial charge in [0.1, 0.15) is 22.8 Å². The number of nitrogens with zero attached hydrogens (tertiary/aromatic N) is 5. The molecule has 2 aliphatic rings. The van der Waals surface area contributed by atoms with Gasteiger partial charge in [0.15, 0.2) is 29.3 Å². The molecule has 1 atom stereocenters. The van der Waals surface area contributed by atoms with Gasteiger partial charge in [-0.25, -0.2) is 18.7 Å². The summed E-state index contributed by atoms with van der Waals surface area (Å²) in [5.41, 5.74) is -1.13. The van der Waals surface area contributed by atoms with Gasteiger partial charge in [-0.2, -0.15) is 18.3 Å². The minimum absolute atomic E-state index is 0.0554. The summed E-state index contributed by atoms with van der Waals surface area (Å²) < 4.78 is 82.1. The maximum Gasteiger partial charge on any atom is 0.417 e. The molecule has 0 spiro atoms. The van der Waals surface area contributed by atoms with E-state index in [0.717, 1.165) is 12.1 Å². The van der Waals surface area contributed by atoms with Crippen LogP contribution in [0.25, 0.3) is 34.0 Å². The number of aromatic nitrogens is 5. The summed E-state index contributed by atoms with van der Waals surface area (Å²) in [6.45, 7) is 4.23. The van der Waals surface area contributed by atoms with E-state index < -0.39 is 35.3 Å². The van der Waals surface area contributed by atoms with Crippen molar-refractivity contribution in [2.75, 3.05) is 13.2 Å². The zero-order valence-corrected chi connectivity index (χ0v) is 23.0. The van der Waals surface area contributed by atoms with Crippen LogP contribution in [0.2, 0.25) is 0 Å². The molecule has 0 radical (unpaired) electrons. The highest BCUT2D eigenvalue weighted by Gasteiger charge is 2.36. The first-order valence-corrected chi connectivity index (χ1v) is 13.4. The molecule has 0 bridgehead atoms. The molecule has 3 aromatic rings. The van der Waals surface area contributed by atoms with Crippen molar-refractivity contribution < 1.29 is 36.0 Å². The minimum Gasteiger partial charge on any atom is -0.494 e. The van der Waals surface area contributed by atoms with Crippen molar-refractivity contribution in [3.05, 3.63) is 77.8 Å². The van der Waals surface area contributed by atoms with Gasteiger partial charge >= 0.3 is 6.18 Å². The van der Waals surface area contributed by atoms with E-state index in [-0.39, 0.29) is 52.1 Å². The van der Waals surface area contributed by atoms with E-state index in [2.05, 4.69) is 25.5 Å². The van der Waals surface area contributed by atoms with Crippen molar-refractivity contribution in [2.45, 2.75) is 38.9 Å². The van der Waals surface area contributed by atoms with Gasteiger partial charge in [-0.3, -0.25) is 9.48 Å². The number of imidazole rings is 1. The van der Waals surface area contributed by atoms with Crippen molar-refractivity contribution in [1.82, 2.24) is 30.2 Å². The fourth-order valence-electron chi connectivity index (χ4n) is 4.34. The number of alkyl halides is 3. The normalized spacial score (nSPS) is 12.4. The Bertz CT molecular complexity index is 1720. The first kappa shape index (κ1) is 29.6. The van der Waals surface area contributed by atoms with E-state index in [1.165, 1.54) is 47.4 Å². The fourth-order valence-corrected chi connectivity index (χ4v) is 4.34.